The van der Waals surface area contributed by atoms with Gasteiger partial charge in [0.05, 0.1) is 11.4 Å². The van der Waals surface area contributed by atoms with Crippen LogP contribution in [0.15, 0.2) is 48.8 Å². The number of hydrogen-bond acceptors (Lipinski definition) is 4. The van der Waals surface area contributed by atoms with Gasteiger partial charge in [-0.15, -0.1) is 12.4 Å². The summed E-state index contributed by atoms with van der Waals surface area (Å²) in [5.74, 6) is -0.0294. The molecule has 4 rings (SSSR count). The van der Waals surface area contributed by atoms with Crippen molar-refractivity contribution in [2.24, 2.45) is 0 Å². The summed E-state index contributed by atoms with van der Waals surface area (Å²) in [6.07, 6.45) is 5.01. The molecule has 0 spiro atoms. The minimum Gasteiger partial charge on any atom is -0.324 e. The van der Waals surface area contributed by atoms with E-state index >= 15 is 0 Å². The maximum Gasteiger partial charge on any atom is 0.252 e. The van der Waals surface area contributed by atoms with E-state index in [1.807, 2.05) is 61.1 Å². The molecule has 0 radical (unpaired) electrons. The number of carbonyl (C=O) groups is 1. The summed E-state index contributed by atoms with van der Waals surface area (Å²) < 4.78 is 3.69. The fourth-order valence-electron chi connectivity index (χ4n) is 3.78. The molecule has 0 saturated carbocycles. The van der Waals surface area contributed by atoms with E-state index in [-0.39, 0.29) is 18.3 Å². The molecule has 0 bridgehead atoms. The van der Waals surface area contributed by atoms with Crippen LogP contribution in [0.5, 0.6) is 0 Å². The quantitative estimate of drug-likeness (QED) is 0.706. The number of piperidine rings is 1. The highest BCUT2D eigenvalue weighted by atomic mass is 35.5. The Balaban J connectivity index is 0.00000225. The van der Waals surface area contributed by atoms with Gasteiger partial charge in [-0.3, -0.25) is 9.48 Å². The molecule has 0 unspecified atom stereocenters. The fraction of sp³-hybridized carbons (Fsp3) is 0.350. The Bertz CT molecular complexity index is 944. The molecular formula is C20H25ClN6O. The Morgan fingerprint density at radius 2 is 1.96 bits per heavy atom. The Kier molecular flexibility index (Phi) is 5.86. The van der Waals surface area contributed by atoms with E-state index in [1.54, 1.807) is 10.9 Å². The number of carbonyl (C=O) groups excluding carboxylic acids is 1. The Morgan fingerprint density at radius 1 is 1.18 bits per heavy atom. The molecule has 3 heterocycles. The van der Waals surface area contributed by atoms with Crippen molar-refractivity contribution >= 4 is 24.0 Å². The van der Waals surface area contributed by atoms with Gasteiger partial charge < -0.3 is 10.6 Å². The van der Waals surface area contributed by atoms with Crippen LogP contribution in [0.1, 0.15) is 24.2 Å². The lowest BCUT2D eigenvalue weighted by molar-refractivity contribution is -0.126. The predicted molar refractivity (Wildman–Crippen MR) is 111 cm³/mol. The van der Waals surface area contributed by atoms with Crippen molar-refractivity contribution in [2.75, 3.05) is 18.4 Å². The lowest BCUT2D eigenvalue weighted by Gasteiger charge is -2.36. The highest BCUT2D eigenvalue weighted by Gasteiger charge is 2.42. The number of nitrogens with zero attached hydrogens (tertiary/aromatic N) is 4. The third-order valence-corrected chi connectivity index (χ3v) is 5.15. The van der Waals surface area contributed by atoms with Gasteiger partial charge in [-0.25, -0.2) is 4.68 Å². The minimum absolute atomic E-state index is 0. The molecule has 28 heavy (non-hydrogen) atoms. The first-order valence-corrected chi connectivity index (χ1v) is 9.24. The second kappa shape index (κ2) is 8.16. The largest absolute Gasteiger partial charge is 0.324 e. The standard InChI is InChI=1S/C20H24N6O.ClH/c1-15-13-16(2)26(24-15)18-6-3-5-17(14-18)23-19(27)20(7-10-21-11-8-20)25-12-4-9-22-25;/h3-6,9,12-14,21H,7-8,10-11H2,1-2H3,(H,23,27);1H. The smallest absolute Gasteiger partial charge is 0.252 e. The number of halogens is 1. The van der Waals surface area contributed by atoms with Crippen LogP contribution in [0.3, 0.4) is 0 Å². The summed E-state index contributed by atoms with van der Waals surface area (Å²) in [5.41, 5.74) is 3.05. The number of aromatic nitrogens is 4. The number of hydrogen-bond donors (Lipinski definition) is 2. The minimum atomic E-state index is -0.664. The lowest BCUT2D eigenvalue weighted by atomic mass is 9.87. The van der Waals surface area contributed by atoms with Crippen molar-refractivity contribution in [2.45, 2.75) is 32.2 Å². The maximum atomic E-state index is 13.3. The molecule has 2 N–H and O–H groups in total. The number of amides is 1. The molecule has 0 atom stereocenters. The molecule has 1 aromatic carbocycles. The van der Waals surface area contributed by atoms with Gasteiger partial charge in [0.1, 0.15) is 5.54 Å². The number of rotatable bonds is 4. The van der Waals surface area contributed by atoms with Gasteiger partial charge in [0.25, 0.3) is 5.91 Å². The molecule has 1 amide bonds. The van der Waals surface area contributed by atoms with E-state index in [0.29, 0.717) is 12.8 Å². The van der Waals surface area contributed by atoms with Gasteiger partial charge in [-0.2, -0.15) is 10.2 Å². The summed E-state index contributed by atoms with van der Waals surface area (Å²) in [4.78, 5) is 13.3. The van der Waals surface area contributed by atoms with Gasteiger partial charge in [0.15, 0.2) is 0 Å². The molecule has 8 heteroatoms. The van der Waals surface area contributed by atoms with E-state index in [9.17, 15) is 4.79 Å². The first-order valence-electron chi connectivity index (χ1n) is 9.24. The number of anilines is 1. The molecule has 0 aliphatic carbocycles. The van der Waals surface area contributed by atoms with Gasteiger partial charge >= 0.3 is 0 Å². The maximum absolute atomic E-state index is 13.3. The summed E-state index contributed by atoms with van der Waals surface area (Å²) in [7, 11) is 0. The van der Waals surface area contributed by atoms with Gasteiger partial charge in [-0.05, 0) is 70.1 Å². The zero-order valence-corrected chi connectivity index (χ0v) is 16.9. The predicted octanol–water partition coefficient (Wildman–Crippen LogP) is 2.82. The average molecular weight is 401 g/mol. The van der Waals surface area contributed by atoms with Crippen LogP contribution in [-0.4, -0.2) is 38.6 Å². The number of nitrogens with one attached hydrogen (secondary N) is 2. The van der Waals surface area contributed by atoms with E-state index in [2.05, 4.69) is 20.8 Å². The van der Waals surface area contributed by atoms with E-state index in [1.165, 1.54) is 0 Å². The molecular weight excluding hydrogens is 376 g/mol. The molecule has 1 aliphatic rings. The number of benzene rings is 1. The van der Waals surface area contributed by atoms with Crippen LogP contribution < -0.4 is 10.6 Å². The SMILES string of the molecule is Cc1cc(C)n(-c2cccc(NC(=O)C3(n4cccn4)CCNCC3)c2)n1.Cl. The topological polar surface area (TPSA) is 76.8 Å². The van der Waals surface area contributed by atoms with Gasteiger partial charge in [-0.1, -0.05) is 6.07 Å². The zero-order valence-electron chi connectivity index (χ0n) is 16.1. The normalized spacial score (nSPS) is 15.6. The van der Waals surface area contributed by atoms with Gasteiger partial charge in [0, 0.05) is 23.8 Å². The van der Waals surface area contributed by atoms with Crippen LogP contribution in [0, 0.1) is 13.8 Å². The van der Waals surface area contributed by atoms with Crippen molar-refractivity contribution in [1.29, 1.82) is 0 Å². The Labute approximate surface area is 170 Å². The van der Waals surface area contributed by atoms with Crippen molar-refractivity contribution in [3.05, 3.63) is 60.2 Å². The zero-order chi connectivity index (χ0) is 18.9. The molecule has 148 valence electrons. The van der Waals surface area contributed by atoms with Crippen molar-refractivity contribution in [3.8, 4) is 5.69 Å². The second-order valence-corrected chi connectivity index (χ2v) is 7.08. The number of aryl methyl sites for hydroxylation is 2. The molecule has 3 aromatic rings. The summed E-state index contributed by atoms with van der Waals surface area (Å²) >= 11 is 0. The summed E-state index contributed by atoms with van der Waals surface area (Å²) in [6.45, 7) is 5.57. The van der Waals surface area contributed by atoms with E-state index in [4.69, 9.17) is 0 Å². The van der Waals surface area contributed by atoms with Crippen LogP contribution in [0.2, 0.25) is 0 Å². The lowest BCUT2D eigenvalue weighted by Crippen LogP contribution is -2.52. The summed E-state index contributed by atoms with van der Waals surface area (Å²) in [5, 5.41) is 15.3. The van der Waals surface area contributed by atoms with Crippen molar-refractivity contribution < 1.29 is 4.79 Å². The first-order chi connectivity index (χ1) is 13.1. The second-order valence-electron chi connectivity index (χ2n) is 7.08. The van der Waals surface area contributed by atoms with E-state index < -0.39 is 5.54 Å². The highest BCUT2D eigenvalue weighted by Crippen LogP contribution is 2.29. The van der Waals surface area contributed by atoms with Crippen LogP contribution in [-0.2, 0) is 10.3 Å². The first kappa shape index (κ1) is 20.1. The molecule has 1 aliphatic heterocycles. The molecule has 7 nitrogen and oxygen atoms in total. The average Bonchev–Trinajstić information content (AvgIpc) is 3.32. The van der Waals surface area contributed by atoms with Crippen molar-refractivity contribution in [3.63, 3.8) is 0 Å². The highest BCUT2D eigenvalue weighted by molar-refractivity contribution is 5.97. The van der Waals surface area contributed by atoms with Gasteiger partial charge in [0.2, 0.25) is 0 Å². The third kappa shape index (κ3) is 3.68. The monoisotopic (exact) mass is 400 g/mol. The van der Waals surface area contributed by atoms with Crippen LogP contribution in [0.4, 0.5) is 5.69 Å². The fourth-order valence-corrected chi connectivity index (χ4v) is 3.78. The Hall–Kier alpha value is -2.64. The van der Waals surface area contributed by atoms with Crippen LogP contribution >= 0.6 is 12.4 Å². The van der Waals surface area contributed by atoms with Crippen LogP contribution in [0.25, 0.3) is 5.69 Å². The molecule has 2 aromatic heterocycles. The molecule has 1 saturated heterocycles. The summed E-state index contributed by atoms with van der Waals surface area (Å²) in [6, 6.07) is 11.7. The molecule has 1 fully saturated rings. The van der Waals surface area contributed by atoms with E-state index in [0.717, 1.165) is 35.9 Å². The third-order valence-electron chi connectivity index (χ3n) is 5.15. The van der Waals surface area contributed by atoms with Crippen molar-refractivity contribution in [1.82, 2.24) is 24.9 Å². The Morgan fingerprint density at radius 3 is 2.61 bits per heavy atom.